The number of carboxylic acids is 1. The zero-order valence-corrected chi connectivity index (χ0v) is 8.42. The molecule has 0 saturated heterocycles. The van der Waals surface area contributed by atoms with Crippen molar-refractivity contribution in [1.29, 1.82) is 5.41 Å². The zero-order valence-electron chi connectivity index (χ0n) is 8.42. The Bertz CT molecular complexity index is 185. The van der Waals surface area contributed by atoms with Crippen molar-refractivity contribution in [2.45, 2.75) is 25.7 Å². The van der Waals surface area contributed by atoms with Gasteiger partial charge in [0.25, 0.3) is 0 Å². The van der Waals surface area contributed by atoms with Gasteiger partial charge < -0.3 is 21.2 Å². The van der Waals surface area contributed by atoms with Gasteiger partial charge in [-0.2, -0.15) is 0 Å². The number of nitrogens with one attached hydrogen (secondary N) is 1. The van der Waals surface area contributed by atoms with Crippen LogP contribution in [-0.4, -0.2) is 41.0 Å². The quantitative estimate of drug-likeness (QED) is 0.311. The van der Waals surface area contributed by atoms with Crippen LogP contribution in [-0.2, 0) is 4.79 Å². The zero-order chi connectivity index (χ0) is 10.3. The number of hydrogen-bond donors (Lipinski definition) is 3. The summed E-state index contributed by atoms with van der Waals surface area (Å²) in [5.74, 6) is -0.696. The first-order valence-corrected chi connectivity index (χ1v) is 4.31. The Morgan fingerprint density at radius 3 is 2.43 bits per heavy atom. The second kappa shape index (κ2) is 8.31. The Morgan fingerprint density at radius 1 is 1.43 bits per heavy atom. The van der Waals surface area contributed by atoms with Gasteiger partial charge in [0.05, 0.1) is 0 Å². The maximum Gasteiger partial charge on any atom is 0.303 e. The lowest BCUT2D eigenvalue weighted by Crippen LogP contribution is -2.33. The van der Waals surface area contributed by atoms with E-state index in [-0.39, 0.29) is 17.9 Å². The minimum absolute atomic E-state index is 0. The topological polar surface area (TPSA) is 122 Å². The molecule has 0 aliphatic carbocycles. The van der Waals surface area contributed by atoms with Crippen LogP contribution in [0.5, 0.6) is 0 Å². The fourth-order valence-corrected chi connectivity index (χ4v) is 0.922. The predicted octanol–water partition coefficient (Wildman–Crippen LogP) is -0.368. The molecule has 0 aromatic carbocycles. The summed E-state index contributed by atoms with van der Waals surface area (Å²) in [5.41, 5.74) is 5.21. The Labute approximate surface area is 83.5 Å². The second-order valence-corrected chi connectivity index (χ2v) is 3.01. The van der Waals surface area contributed by atoms with Crippen LogP contribution in [0.4, 0.5) is 0 Å². The molecule has 0 aromatic rings. The van der Waals surface area contributed by atoms with Gasteiger partial charge in [-0.25, -0.2) is 0 Å². The van der Waals surface area contributed by atoms with Crippen molar-refractivity contribution in [2.75, 3.05) is 13.6 Å². The van der Waals surface area contributed by atoms with Crippen LogP contribution in [0.3, 0.4) is 0 Å². The summed E-state index contributed by atoms with van der Waals surface area (Å²) < 4.78 is 0. The fourth-order valence-electron chi connectivity index (χ4n) is 0.922. The highest BCUT2D eigenvalue weighted by Crippen LogP contribution is 2.00. The normalized spacial score (nSPS) is 8.93. The molecule has 0 bridgehead atoms. The average molecular weight is 205 g/mol. The largest absolute Gasteiger partial charge is 0.481 e. The Kier molecular flexibility index (Phi) is 9.01. The number of aliphatic carboxylic acids is 1. The molecular weight excluding hydrogens is 186 g/mol. The van der Waals surface area contributed by atoms with E-state index in [9.17, 15) is 4.79 Å². The fraction of sp³-hybridized carbons (Fsp3) is 0.750. The molecule has 0 heterocycles. The molecule has 6 nitrogen and oxygen atoms in total. The summed E-state index contributed by atoms with van der Waals surface area (Å²) >= 11 is 0. The number of guanidine groups is 1. The number of carboxylic acid groups (broad SMARTS) is 1. The van der Waals surface area contributed by atoms with Crippen LogP contribution in [0.15, 0.2) is 0 Å². The SMILES string of the molecule is CN(CCCCCC(=O)O)C(=N)N.O. The van der Waals surface area contributed by atoms with E-state index < -0.39 is 5.97 Å². The van der Waals surface area contributed by atoms with Gasteiger partial charge in [0.2, 0.25) is 0 Å². The summed E-state index contributed by atoms with van der Waals surface area (Å²) in [5, 5.41) is 15.4. The molecule has 0 spiro atoms. The molecule has 0 unspecified atom stereocenters. The van der Waals surface area contributed by atoms with Crippen LogP contribution in [0, 0.1) is 5.41 Å². The number of nitrogens with two attached hydrogens (primary N) is 1. The molecule has 84 valence electrons. The molecule has 0 fully saturated rings. The van der Waals surface area contributed by atoms with E-state index in [2.05, 4.69) is 0 Å². The molecule has 0 amide bonds. The third-order valence-electron chi connectivity index (χ3n) is 1.80. The highest BCUT2D eigenvalue weighted by molar-refractivity contribution is 5.74. The van der Waals surface area contributed by atoms with Gasteiger partial charge in [0.1, 0.15) is 0 Å². The smallest absolute Gasteiger partial charge is 0.303 e. The molecule has 0 aliphatic rings. The van der Waals surface area contributed by atoms with Crippen molar-refractivity contribution < 1.29 is 15.4 Å². The van der Waals surface area contributed by atoms with Crippen LogP contribution in [0.25, 0.3) is 0 Å². The van der Waals surface area contributed by atoms with Crippen molar-refractivity contribution in [3.63, 3.8) is 0 Å². The maximum absolute atomic E-state index is 10.1. The van der Waals surface area contributed by atoms with E-state index in [0.717, 1.165) is 19.4 Å². The molecular formula is C8H19N3O3. The van der Waals surface area contributed by atoms with E-state index in [1.165, 1.54) is 0 Å². The Balaban J connectivity index is 0. The molecule has 6 N–H and O–H groups in total. The van der Waals surface area contributed by atoms with Crippen molar-refractivity contribution in [3.05, 3.63) is 0 Å². The van der Waals surface area contributed by atoms with E-state index >= 15 is 0 Å². The number of rotatable bonds is 6. The molecule has 0 rings (SSSR count). The first-order chi connectivity index (χ1) is 6.04. The number of unbranched alkanes of at least 4 members (excludes halogenated alkanes) is 2. The van der Waals surface area contributed by atoms with Crippen LogP contribution in [0.2, 0.25) is 0 Å². The van der Waals surface area contributed by atoms with Crippen molar-refractivity contribution in [2.24, 2.45) is 5.73 Å². The summed E-state index contributed by atoms with van der Waals surface area (Å²) in [6, 6.07) is 0. The minimum Gasteiger partial charge on any atom is -0.481 e. The highest BCUT2D eigenvalue weighted by atomic mass is 16.4. The van der Waals surface area contributed by atoms with Gasteiger partial charge >= 0.3 is 5.97 Å². The van der Waals surface area contributed by atoms with E-state index in [1.54, 1.807) is 11.9 Å². The number of carbonyl (C=O) groups is 1. The number of nitrogens with zero attached hydrogens (tertiary/aromatic N) is 1. The van der Waals surface area contributed by atoms with Crippen LogP contribution >= 0.6 is 0 Å². The van der Waals surface area contributed by atoms with E-state index in [0.29, 0.717) is 6.42 Å². The molecule has 6 heteroatoms. The third kappa shape index (κ3) is 8.79. The van der Waals surface area contributed by atoms with E-state index in [4.69, 9.17) is 16.2 Å². The van der Waals surface area contributed by atoms with Crippen molar-refractivity contribution in [3.8, 4) is 0 Å². The molecule has 0 atom stereocenters. The lowest BCUT2D eigenvalue weighted by molar-refractivity contribution is -0.137. The molecule has 0 saturated carbocycles. The molecule has 0 radical (unpaired) electrons. The summed E-state index contributed by atoms with van der Waals surface area (Å²) in [4.78, 5) is 11.8. The first kappa shape index (κ1) is 15.2. The average Bonchev–Trinajstić information content (AvgIpc) is 2.02. The van der Waals surface area contributed by atoms with Crippen LogP contribution in [0.1, 0.15) is 25.7 Å². The minimum atomic E-state index is -0.750. The summed E-state index contributed by atoms with van der Waals surface area (Å²) in [7, 11) is 1.75. The maximum atomic E-state index is 10.1. The predicted molar refractivity (Wildman–Crippen MR) is 54.3 cm³/mol. The Hall–Kier alpha value is -1.30. The summed E-state index contributed by atoms with van der Waals surface area (Å²) in [6.45, 7) is 0.717. The third-order valence-corrected chi connectivity index (χ3v) is 1.80. The Morgan fingerprint density at radius 2 is 2.00 bits per heavy atom. The van der Waals surface area contributed by atoms with Crippen molar-refractivity contribution in [1.82, 2.24) is 4.90 Å². The first-order valence-electron chi connectivity index (χ1n) is 4.31. The van der Waals surface area contributed by atoms with E-state index in [1.807, 2.05) is 0 Å². The van der Waals surface area contributed by atoms with Gasteiger partial charge in [-0.1, -0.05) is 6.42 Å². The molecule has 0 aliphatic heterocycles. The van der Waals surface area contributed by atoms with Gasteiger partial charge in [0, 0.05) is 20.0 Å². The summed E-state index contributed by atoms with van der Waals surface area (Å²) in [6.07, 6.45) is 2.66. The second-order valence-electron chi connectivity index (χ2n) is 3.01. The standard InChI is InChI=1S/C8H17N3O2.H2O/c1-11(8(9)10)6-4-2-3-5-7(12)13;/h2-6H2,1H3,(H3,9,10)(H,12,13);1H2. The van der Waals surface area contributed by atoms with Gasteiger partial charge in [-0.05, 0) is 12.8 Å². The van der Waals surface area contributed by atoms with Gasteiger partial charge in [0.15, 0.2) is 5.96 Å². The lowest BCUT2D eigenvalue weighted by Gasteiger charge is -2.15. The molecule has 14 heavy (non-hydrogen) atoms. The van der Waals surface area contributed by atoms with Crippen LogP contribution < -0.4 is 5.73 Å². The monoisotopic (exact) mass is 205 g/mol. The van der Waals surface area contributed by atoms with Crippen molar-refractivity contribution >= 4 is 11.9 Å². The lowest BCUT2D eigenvalue weighted by atomic mass is 10.2. The highest BCUT2D eigenvalue weighted by Gasteiger charge is 2.00. The number of hydrogen-bond acceptors (Lipinski definition) is 2. The van der Waals surface area contributed by atoms with Gasteiger partial charge in [-0.15, -0.1) is 0 Å². The van der Waals surface area contributed by atoms with Gasteiger partial charge in [-0.3, -0.25) is 10.2 Å². The molecule has 0 aromatic heterocycles.